The van der Waals surface area contributed by atoms with Crippen molar-refractivity contribution in [1.82, 2.24) is 14.9 Å². The summed E-state index contributed by atoms with van der Waals surface area (Å²) in [5.74, 6) is 0.00252. The Morgan fingerprint density at radius 2 is 2.44 bits per heavy atom. The highest BCUT2D eigenvalue weighted by Crippen LogP contribution is 2.19. The van der Waals surface area contributed by atoms with Gasteiger partial charge >= 0.3 is 5.97 Å². The fraction of sp³-hybridized carbons (Fsp3) is 0.300. The van der Waals surface area contributed by atoms with Crippen LogP contribution >= 0.6 is 0 Å². The molecule has 84 valence electrons. The lowest BCUT2D eigenvalue weighted by Gasteiger charge is -1.95. The molecule has 0 amide bonds. The van der Waals surface area contributed by atoms with E-state index in [2.05, 4.69) is 10.3 Å². The number of aromatic nitrogens is 3. The second-order valence-electron chi connectivity index (χ2n) is 3.14. The molecule has 0 aliphatic carbocycles. The zero-order valence-electron chi connectivity index (χ0n) is 9.01. The number of ether oxygens (including phenoxy) is 1. The molecule has 2 rings (SSSR count). The SMILES string of the molecule is CCOC(=O)c1cc(-c2ccnn2C)on1. The third kappa shape index (κ3) is 1.81. The number of hydrogen-bond acceptors (Lipinski definition) is 5. The minimum absolute atomic E-state index is 0.165. The second kappa shape index (κ2) is 4.18. The average Bonchev–Trinajstić information content (AvgIpc) is 2.86. The van der Waals surface area contributed by atoms with E-state index in [1.165, 1.54) is 6.07 Å². The van der Waals surface area contributed by atoms with Crippen LogP contribution in [0.5, 0.6) is 0 Å². The summed E-state index contributed by atoms with van der Waals surface area (Å²) in [6.45, 7) is 2.05. The predicted octanol–water partition coefficient (Wildman–Crippen LogP) is 1.25. The van der Waals surface area contributed by atoms with Gasteiger partial charge in [0, 0.05) is 19.3 Å². The summed E-state index contributed by atoms with van der Waals surface area (Å²) in [6, 6.07) is 3.31. The Labute approximate surface area is 91.8 Å². The van der Waals surface area contributed by atoms with Gasteiger partial charge in [0.1, 0.15) is 5.69 Å². The van der Waals surface area contributed by atoms with E-state index in [0.717, 1.165) is 5.69 Å². The molecule has 0 fully saturated rings. The van der Waals surface area contributed by atoms with Gasteiger partial charge in [0.05, 0.1) is 6.61 Å². The van der Waals surface area contributed by atoms with Crippen LogP contribution in [0.2, 0.25) is 0 Å². The third-order valence-corrected chi connectivity index (χ3v) is 2.07. The van der Waals surface area contributed by atoms with Gasteiger partial charge in [-0.25, -0.2) is 4.79 Å². The average molecular weight is 221 g/mol. The summed E-state index contributed by atoms with van der Waals surface area (Å²) in [5, 5.41) is 7.64. The van der Waals surface area contributed by atoms with E-state index in [4.69, 9.17) is 9.26 Å². The molecule has 2 aromatic heterocycles. The maximum Gasteiger partial charge on any atom is 0.360 e. The molecule has 0 saturated carbocycles. The van der Waals surface area contributed by atoms with E-state index in [9.17, 15) is 4.79 Å². The number of hydrogen-bond donors (Lipinski definition) is 0. The monoisotopic (exact) mass is 221 g/mol. The molecule has 2 aromatic rings. The minimum atomic E-state index is -0.486. The molecule has 0 aliphatic heterocycles. The van der Waals surface area contributed by atoms with Crippen molar-refractivity contribution in [3.8, 4) is 11.5 Å². The Balaban J connectivity index is 2.26. The van der Waals surface area contributed by atoms with Gasteiger partial charge in [0.25, 0.3) is 0 Å². The maximum absolute atomic E-state index is 11.3. The van der Waals surface area contributed by atoms with Crippen LogP contribution in [0, 0.1) is 0 Å². The smallest absolute Gasteiger partial charge is 0.360 e. The Kier molecular flexibility index (Phi) is 2.72. The first-order valence-electron chi connectivity index (χ1n) is 4.84. The molecule has 0 bridgehead atoms. The molecule has 0 spiro atoms. The molecule has 0 aromatic carbocycles. The summed E-state index contributed by atoms with van der Waals surface area (Å²) in [6.07, 6.45) is 1.64. The first-order chi connectivity index (χ1) is 7.72. The van der Waals surface area contributed by atoms with E-state index >= 15 is 0 Å². The Morgan fingerprint density at radius 1 is 1.62 bits per heavy atom. The molecule has 0 aliphatic rings. The van der Waals surface area contributed by atoms with Crippen LogP contribution in [-0.4, -0.2) is 27.5 Å². The molecule has 0 radical (unpaired) electrons. The van der Waals surface area contributed by atoms with Crippen molar-refractivity contribution in [3.63, 3.8) is 0 Å². The fourth-order valence-corrected chi connectivity index (χ4v) is 1.31. The van der Waals surface area contributed by atoms with Crippen LogP contribution in [0.3, 0.4) is 0 Å². The molecule has 6 nitrogen and oxygen atoms in total. The summed E-state index contributed by atoms with van der Waals surface area (Å²) < 4.78 is 11.5. The van der Waals surface area contributed by atoms with Crippen LogP contribution in [0.25, 0.3) is 11.5 Å². The van der Waals surface area contributed by atoms with E-state index in [-0.39, 0.29) is 5.69 Å². The lowest BCUT2D eigenvalue weighted by molar-refractivity contribution is 0.0514. The van der Waals surface area contributed by atoms with Gasteiger partial charge in [-0.2, -0.15) is 5.10 Å². The molecule has 0 N–H and O–H groups in total. The number of nitrogens with zero attached hydrogens (tertiary/aromatic N) is 3. The first-order valence-corrected chi connectivity index (χ1v) is 4.84. The number of aryl methyl sites for hydroxylation is 1. The van der Waals surface area contributed by atoms with E-state index in [0.29, 0.717) is 12.4 Å². The van der Waals surface area contributed by atoms with Crippen LogP contribution in [0.1, 0.15) is 17.4 Å². The van der Waals surface area contributed by atoms with Gasteiger partial charge in [-0.05, 0) is 13.0 Å². The molecule has 2 heterocycles. The van der Waals surface area contributed by atoms with Crippen LogP contribution in [-0.2, 0) is 11.8 Å². The standard InChI is InChI=1S/C10H11N3O3/c1-3-15-10(14)7-6-9(16-12-7)8-4-5-11-13(8)2/h4-6H,3H2,1-2H3. The van der Waals surface area contributed by atoms with E-state index in [1.807, 2.05) is 0 Å². The highest BCUT2D eigenvalue weighted by Gasteiger charge is 2.15. The maximum atomic E-state index is 11.3. The Hall–Kier alpha value is -2.11. The van der Waals surface area contributed by atoms with Crippen molar-refractivity contribution >= 4 is 5.97 Å². The van der Waals surface area contributed by atoms with Crippen molar-refractivity contribution in [3.05, 3.63) is 24.0 Å². The Bertz CT molecular complexity index is 501. The van der Waals surface area contributed by atoms with Gasteiger partial charge in [-0.3, -0.25) is 4.68 Å². The second-order valence-corrected chi connectivity index (χ2v) is 3.14. The van der Waals surface area contributed by atoms with Gasteiger partial charge in [-0.1, -0.05) is 5.16 Å². The van der Waals surface area contributed by atoms with Crippen LogP contribution < -0.4 is 0 Å². The van der Waals surface area contributed by atoms with Crippen molar-refractivity contribution in [2.45, 2.75) is 6.92 Å². The lowest BCUT2D eigenvalue weighted by atomic mass is 10.3. The van der Waals surface area contributed by atoms with Crippen molar-refractivity contribution in [1.29, 1.82) is 0 Å². The summed E-state index contributed by atoms with van der Waals surface area (Å²) in [7, 11) is 1.78. The molecule has 16 heavy (non-hydrogen) atoms. The number of carbonyl (C=O) groups is 1. The highest BCUT2D eigenvalue weighted by atomic mass is 16.5. The van der Waals surface area contributed by atoms with Crippen LogP contribution in [0.4, 0.5) is 0 Å². The van der Waals surface area contributed by atoms with Gasteiger partial charge < -0.3 is 9.26 Å². The molecule has 0 unspecified atom stereocenters. The van der Waals surface area contributed by atoms with Crippen molar-refractivity contribution in [2.75, 3.05) is 6.61 Å². The molecule has 0 saturated heterocycles. The van der Waals surface area contributed by atoms with Crippen LogP contribution in [0.15, 0.2) is 22.9 Å². The molecular formula is C10H11N3O3. The zero-order chi connectivity index (χ0) is 11.5. The number of esters is 1. The zero-order valence-corrected chi connectivity index (χ0v) is 9.01. The highest BCUT2D eigenvalue weighted by molar-refractivity contribution is 5.88. The van der Waals surface area contributed by atoms with Crippen molar-refractivity contribution in [2.24, 2.45) is 7.05 Å². The lowest BCUT2D eigenvalue weighted by Crippen LogP contribution is -2.04. The quantitative estimate of drug-likeness (QED) is 0.729. The summed E-state index contributed by atoms with van der Waals surface area (Å²) in [4.78, 5) is 11.3. The summed E-state index contributed by atoms with van der Waals surface area (Å²) >= 11 is 0. The first kappa shape index (κ1) is 10.4. The van der Waals surface area contributed by atoms with E-state index in [1.54, 1.807) is 30.9 Å². The number of carbonyl (C=O) groups excluding carboxylic acids is 1. The van der Waals surface area contributed by atoms with Gasteiger partial charge in [0.15, 0.2) is 11.5 Å². The fourth-order valence-electron chi connectivity index (χ4n) is 1.31. The van der Waals surface area contributed by atoms with Gasteiger partial charge in [0.2, 0.25) is 0 Å². The number of rotatable bonds is 3. The molecule has 0 atom stereocenters. The van der Waals surface area contributed by atoms with Crippen molar-refractivity contribution < 1.29 is 14.1 Å². The Morgan fingerprint density at radius 3 is 3.06 bits per heavy atom. The predicted molar refractivity (Wildman–Crippen MR) is 54.7 cm³/mol. The topological polar surface area (TPSA) is 70.2 Å². The third-order valence-electron chi connectivity index (χ3n) is 2.07. The normalized spacial score (nSPS) is 10.4. The minimum Gasteiger partial charge on any atom is -0.461 e. The largest absolute Gasteiger partial charge is 0.461 e. The molecule has 6 heteroatoms. The van der Waals surface area contributed by atoms with E-state index < -0.39 is 5.97 Å². The van der Waals surface area contributed by atoms with Gasteiger partial charge in [-0.15, -0.1) is 0 Å². The summed E-state index contributed by atoms with van der Waals surface area (Å²) in [5.41, 5.74) is 0.918. The molecular weight excluding hydrogens is 210 g/mol.